The van der Waals surface area contributed by atoms with E-state index < -0.39 is 11.9 Å². The van der Waals surface area contributed by atoms with Crippen LogP contribution in [0.5, 0.6) is 5.75 Å². The van der Waals surface area contributed by atoms with Gasteiger partial charge >= 0.3 is 0 Å². The van der Waals surface area contributed by atoms with Crippen LogP contribution in [0.2, 0.25) is 0 Å². The lowest BCUT2D eigenvalue weighted by atomic mass is 10.3. The number of rotatable bonds is 5. The average molecular weight is 334 g/mol. The fourth-order valence-electron chi connectivity index (χ4n) is 1.23. The van der Waals surface area contributed by atoms with Crippen molar-refractivity contribution in [2.24, 2.45) is 0 Å². The molecule has 1 aliphatic carbocycles. The molecule has 1 N–H and O–H groups in total. The molecule has 0 aromatic heterocycles. The van der Waals surface area contributed by atoms with Crippen molar-refractivity contribution in [2.45, 2.75) is 31.1 Å². The molecule has 0 heterocycles. The number of carbonyl (C=O) groups is 1. The molecular formula is C12H13BrFNO2S. The van der Waals surface area contributed by atoms with Crippen LogP contribution in [0.1, 0.15) is 19.8 Å². The predicted octanol–water partition coefficient (Wildman–Crippen LogP) is 3.28. The lowest BCUT2D eigenvalue weighted by Gasteiger charge is -2.14. The van der Waals surface area contributed by atoms with Gasteiger partial charge in [0.15, 0.2) is 17.7 Å². The SMILES string of the molecule is CC(Oc1ccc(Br)cc1F)C(=O)NSC1CC1. The molecular weight excluding hydrogens is 321 g/mol. The van der Waals surface area contributed by atoms with Crippen molar-refractivity contribution in [3.05, 3.63) is 28.5 Å². The quantitative estimate of drug-likeness (QED) is 0.840. The molecule has 0 bridgehead atoms. The molecule has 1 atom stereocenters. The zero-order chi connectivity index (χ0) is 13.1. The Labute approximate surface area is 118 Å². The minimum Gasteiger partial charge on any atom is -0.478 e. The summed E-state index contributed by atoms with van der Waals surface area (Å²) in [6.07, 6.45) is 1.56. The van der Waals surface area contributed by atoms with E-state index in [1.165, 1.54) is 24.1 Å². The molecule has 1 saturated carbocycles. The fourth-order valence-corrected chi connectivity index (χ4v) is 2.38. The van der Waals surface area contributed by atoms with E-state index in [9.17, 15) is 9.18 Å². The van der Waals surface area contributed by atoms with Gasteiger partial charge in [-0.05, 0) is 49.9 Å². The minimum absolute atomic E-state index is 0.0808. The van der Waals surface area contributed by atoms with Crippen LogP contribution in [0.15, 0.2) is 22.7 Å². The summed E-state index contributed by atoms with van der Waals surface area (Å²) in [4.78, 5) is 11.7. The molecule has 98 valence electrons. The molecule has 1 aromatic carbocycles. The van der Waals surface area contributed by atoms with E-state index in [0.717, 1.165) is 12.8 Å². The van der Waals surface area contributed by atoms with Crippen LogP contribution < -0.4 is 9.46 Å². The smallest absolute Gasteiger partial charge is 0.270 e. The Bertz CT molecular complexity index is 454. The van der Waals surface area contributed by atoms with Crippen molar-refractivity contribution in [1.82, 2.24) is 4.72 Å². The van der Waals surface area contributed by atoms with Gasteiger partial charge in [-0.3, -0.25) is 9.52 Å². The summed E-state index contributed by atoms with van der Waals surface area (Å²) < 4.78 is 22.1. The van der Waals surface area contributed by atoms with Crippen LogP contribution in [0.25, 0.3) is 0 Å². The zero-order valence-electron chi connectivity index (χ0n) is 9.78. The average Bonchev–Trinajstić information content (AvgIpc) is 3.13. The maximum Gasteiger partial charge on any atom is 0.270 e. The van der Waals surface area contributed by atoms with Crippen LogP contribution in [-0.2, 0) is 4.79 Å². The highest BCUT2D eigenvalue weighted by molar-refractivity contribution is 9.10. The number of hydrogen-bond acceptors (Lipinski definition) is 3. The summed E-state index contributed by atoms with van der Waals surface area (Å²) >= 11 is 4.58. The molecule has 1 aliphatic rings. The van der Waals surface area contributed by atoms with Crippen LogP contribution in [-0.4, -0.2) is 17.3 Å². The maximum absolute atomic E-state index is 13.5. The fraction of sp³-hybridized carbons (Fsp3) is 0.417. The van der Waals surface area contributed by atoms with Gasteiger partial charge in [0, 0.05) is 9.72 Å². The number of hydrogen-bond donors (Lipinski definition) is 1. The van der Waals surface area contributed by atoms with Crippen molar-refractivity contribution in [3.63, 3.8) is 0 Å². The van der Waals surface area contributed by atoms with Gasteiger partial charge in [-0.15, -0.1) is 0 Å². The normalized spacial score (nSPS) is 16.2. The Morgan fingerprint density at radius 1 is 1.61 bits per heavy atom. The van der Waals surface area contributed by atoms with E-state index >= 15 is 0 Å². The van der Waals surface area contributed by atoms with Gasteiger partial charge in [0.2, 0.25) is 0 Å². The lowest BCUT2D eigenvalue weighted by Crippen LogP contribution is -2.33. The Morgan fingerprint density at radius 3 is 2.94 bits per heavy atom. The summed E-state index contributed by atoms with van der Waals surface area (Å²) in [5, 5.41) is 0.533. The molecule has 1 unspecified atom stereocenters. The molecule has 0 spiro atoms. The highest BCUT2D eigenvalue weighted by Gasteiger charge is 2.25. The first-order valence-corrected chi connectivity index (χ1v) is 7.30. The van der Waals surface area contributed by atoms with E-state index in [-0.39, 0.29) is 11.7 Å². The number of halogens is 2. The Balaban J connectivity index is 1.88. The number of amides is 1. The summed E-state index contributed by atoms with van der Waals surface area (Å²) in [6, 6.07) is 4.47. The van der Waals surface area contributed by atoms with Gasteiger partial charge in [-0.1, -0.05) is 15.9 Å². The molecule has 0 aliphatic heterocycles. The van der Waals surface area contributed by atoms with E-state index in [0.29, 0.717) is 9.72 Å². The highest BCUT2D eigenvalue weighted by atomic mass is 79.9. The Morgan fingerprint density at radius 2 is 2.33 bits per heavy atom. The summed E-state index contributed by atoms with van der Waals surface area (Å²) in [6.45, 7) is 1.60. The number of benzene rings is 1. The number of carbonyl (C=O) groups excluding carboxylic acids is 1. The first kappa shape index (κ1) is 13.7. The molecule has 3 nitrogen and oxygen atoms in total. The van der Waals surface area contributed by atoms with E-state index in [2.05, 4.69) is 20.7 Å². The van der Waals surface area contributed by atoms with Crippen LogP contribution in [0.3, 0.4) is 0 Å². The molecule has 0 saturated heterocycles. The van der Waals surface area contributed by atoms with Gasteiger partial charge in [-0.2, -0.15) is 0 Å². The first-order chi connectivity index (χ1) is 8.56. The predicted molar refractivity (Wildman–Crippen MR) is 72.9 cm³/mol. The number of ether oxygens (including phenoxy) is 1. The zero-order valence-corrected chi connectivity index (χ0v) is 12.2. The van der Waals surface area contributed by atoms with Gasteiger partial charge in [0.05, 0.1) is 0 Å². The van der Waals surface area contributed by atoms with E-state index in [1.54, 1.807) is 13.0 Å². The largest absolute Gasteiger partial charge is 0.478 e. The second kappa shape index (κ2) is 5.93. The second-order valence-electron chi connectivity index (χ2n) is 4.12. The molecule has 6 heteroatoms. The highest BCUT2D eigenvalue weighted by Crippen LogP contribution is 2.31. The third kappa shape index (κ3) is 3.88. The van der Waals surface area contributed by atoms with Gasteiger partial charge in [0.1, 0.15) is 0 Å². The van der Waals surface area contributed by atoms with E-state index in [4.69, 9.17) is 4.74 Å². The van der Waals surface area contributed by atoms with Crippen LogP contribution in [0, 0.1) is 5.82 Å². The molecule has 18 heavy (non-hydrogen) atoms. The van der Waals surface area contributed by atoms with Crippen molar-refractivity contribution in [1.29, 1.82) is 0 Å². The van der Waals surface area contributed by atoms with E-state index in [1.807, 2.05) is 0 Å². The maximum atomic E-state index is 13.5. The molecule has 1 aromatic rings. The summed E-state index contributed by atoms with van der Waals surface area (Å²) in [5.41, 5.74) is 0. The summed E-state index contributed by atoms with van der Waals surface area (Å²) in [5.74, 6) is -0.648. The van der Waals surface area contributed by atoms with Crippen molar-refractivity contribution >= 4 is 33.8 Å². The van der Waals surface area contributed by atoms with Crippen molar-refractivity contribution in [2.75, 3.05) is 0 Å². The summed E-state index contributed by atoms with van der Waals surface area (Å²) in [7, 11) is 0. The van der Waals surface area contributed by atoms with Gasteiger partial charge in [0.25, 0.3) is 5.91 Å². The molecule has 1 amide bonds. The topological polar surface area (TPSA) is 38.3 Å². The van der Waals surface area contributed by atoms with Crippen LogP contribution >= 0.6 is 27.9 Å². The van der Waals surface area contributed by atoms with Crippen molar-refractivity contribution < 1.29 is 13.9 Å². The third-order valence-corrected chi connectivity index (χ3v) is 4.03. The monoisotopic (exact) mass is 333 g/mol. The molecule has 1 fully saturated rings. The standard InChI is InChI=1S/C12H13BrFNO2S/c1-7(12(16)15-18-9-3-4-9)17-11-5-2-8(13)6-10(11)14/h2,5-7,9H,3-4H2,1H3,(H,15,16). The second-order valence-corrected chi connectivity index (χ2v) is 6.14. The molecule has 0 radical (unpaired) electrons. The lowest BCUT2D eigenvalue weighted by molar-refractivity contribution is -0.125. The van der Waals surface area contributed by atoms with Gasteiger partial charge in [-0.25, -0.2) is 4.39 Å². The first-order valence-electron chi connectivity index (χ1n) is 5.63. The molecule has 2 rings (SSSR count). The third-order valence-electron chi connectivity index (χ3n) is 2.42. The Kier molecular flexibility index (Phi) is 4.50. The number of nitrogens with one attached hydrogen (secondary N) is 1. The van der Waals surface area contributed by atoms with Crippen molar-refractivity contribution in [3.8, 4) is 5.75 Å². The van der Waals surface area contributed by atoms with Gasteiger partial charge < -0.3 is 4.74 Å². The minimum atomic E-state index is -0.716. The Hall–Kier alpha value is -0.750. The van der Waals surface area contributed by atoms with Crippen LogP contribution in [0.4, 0.5) is 4.39 Å².